The zero-order chi connectivity index (χ0) is 14.5. The topological polar surface area (TPSA) is 127 Å². The van der Waals surface area contributed by atoms with Crippen molar-refractivity contribution in [3.05, 3.63) is 0 Å². The van der Waals surface area contributed by atoms with Gasteiger partial charge in [-0.3, -0.25) is 4.79 Å². The second kappa shape index (κ2) is 6.89. The molecule has 1 amide bonds. The summed E-state index contributed by atoms with van der Waals surface area (Å²) in [6.07, 6.45) is 1.46. The molecule has 0 saturated heterocycles. The fourth-order valence-corrected chi connectivity index (χ4v) is 3.61. The van der Waals surface area contributed by atoms with Crippen LogP contribution in [0.5, 0.6) is 0 Å². The number of nitrogens with two attached hydrogens (primary N) is 1. The maximum absolute atomic E-state index is 12.0. The van der Waals surface area contributed by atoms with Crippen molar-refractivity contribution in [3.8, 4) is 0 Å². The molecule has 0 aliphatic heterocycles. The summed E-state index contributed by atoms with van der Waals surface area (Å²) in [6, 6.07) is -0.330. The highest BCUT2D eigenvalue weighted by molar-refractivity contribution is 7.91. The first kappa shape index (κ1) is 16.0. The molecule has 108 valence electrons. The number of sulfonamides is 1. The number of anilines is 1. The minimum Gasteiger partial charge on any atom is -0.329 e. The van der Waals surface area contributed by atoms with E-state index in [1.54, 1.807) is 0 Å². The van der Waals surface area contributed by atoms with Crippen molar-refractivity contribution in [2.45, 2.75) is 37.1 Å². The number of carbonyl (C=O) groups is 1. The van der Waals surface area contributed by atoms with Crippen LogP contribution in [0.2, 0.25) is 0 Å². The normalized spacial score (nSPS) is 13.2. The molecule has 0 aromatic carbocycles. The van der Waals surface area contributed by atoms with Crippen LogP contribution in [0.4, 0.5) is 5.13 Å². The lowest BCUT2D eigenvalue weighted by atomic mass is 10.2. The van der Waals surface area contributed by atoms with Gasteiger partial charge in [0.15, 0.2) is 0 Å². The SMILES string of the molecule is CCCC(CN)NS(=O)(=O)c1nnc(NC(C)=O)s1. The van der Waals surface area contributed by atoms with Gasteiger partial charge in [0.1, 0.15) is 0 Å². The van der Waals surface area contributed by atoms with Crippen molar-refractivity contribution in [2.24, 2.45) is 5.73 Å². The molecule has 0 fully saturated rings. The molecule has 1 aromatic heterocycles. The zero-order valence-electron chi connectivity index (χ0n) is 10.7. The molecule has 1 aromatic rings. The van der Waals surface area contributed by atoms with E-state index in [1.807, 2.05) is 6.92 Å². The fourth-order valence-electron chi connectivity index (χ4n) is 1.36. The van der Waals surface area contributed by atoms with Crippen LogP contribution in [-0.4, -0.2) is 37.1 Å². The van der Waals surface area contributed by atoms with Gasteiger partial charge in [-0.1, -0.05) is 24.7 Å². The lowest BCUT2D eigenvalue weighted by Gasteiger charge is -2.14. The first-order valence-electron chi connectivity index (χ1n) is 5.72. The molecule has 0 bridgehead atoms. The van der Waals surface area contributed by atoms with E-state index in [1.165, 1.54) is 6.92 Å². The third-order valence-corrected chi connectivity index (χ3v) is 4.89. The maximum atomic E-state index is 12.0. The van der Waals surface area contributed by atoms with Crippen LogP contribution in [0, 0.1) is 0 Å². The van der Waals surface area contributed by atoms with E-state index < -0.39 is 10.0 Å². The molecule has 0 spiro atoms. The van der Waals surface area contributed by atoms with Gasteiger partial charge >= 0.3 is 0 Å². The van der Waals surface area contributed by atoms with E-state index >= 15 is 0 Å². The molecule has 1 rings (SSSR count). The van der Waals surface area contributed by atoms with Gasteiger partial charge in [0.05, 0.1) is 0 Å². The third-order valence-electron chi connectivity index (χ3n) is 2.16. The number of carbonyl (C=O) groups excluding carboxylic acids is 1. The summed E-state index contributed by atoms with van der Waals surface area (Å²) < 4.78 is 26.3. The summed E-state index contributed by atoms with van der Waals surface area (Å²) in [7, 11) is -3.75. The smallest absolute Gasteiger partial charge is 0.270 e. The second-order valence-electron chi connectivity index (χ2n) is 3.90. The molecule has 19 heavy (non-hydrogen) atoms. The zero-order valence-corrected chi connectivity index (χ0v) is 12.3. The Morgan fingerprint density at radius 3 is 2.68 bits per heavy atom. The standard InChI is InChI=1S/C9H17N5O3S2/c1-3-4-7(5-10)14-19(16,17)9-13-12-8(18-9)11-6(2)15/h7,14H,3-5,10H2,1-2H3,(H,11,12,15). The van der Waals surface area contributed by atoms with Crippen LogP contribution in [0.25, 0.3) is 0 Å². The van der Waals surface area contributed by atoms with Gasteiger partial charge in [-0.25, -0.2) is 13.1 Å². The lowest BCUT2D eigenvalue weighted by Crippen LogP contribution is -2.39. The Morgan fingerprint density at radius 1 is 1.47 bits per heavy atom. The number of amides is 1. The Balaban J connectivity index is 2.82. The van der Waals surface area contributed by atoms with Gasteiger partial charge in [-0.05, 0) is 6.42 Å². The number of nitrogens with one attached hydrogen (secondary N) is 2. The predicted octanol–water partition coefficient (Wildman–Crippen LogP) is -0.0978. The summed E-state index contributed by atoms with van der Waals surface area (Å²) >= 11 is 0.793. The molecule has 0 radical (unpaired) electrons. The Labute approximate surface area is 115 Å². The molecule has 0 aliphatic carbocycles. The van der Waals surface area contributed by atoms with Crippen LogP contribution in [0.1, 0.15) is 26.7 Å². The van der Waals surface area contributed by atoms with Gasteiger partial charge in [0, 0.05) is 19.5 Å². The first-order chi connectivity index (χ1) is 8.89. The molecular weight excluding hydrogens is 290 g/mol. The number of nitrogens with zero attached hydrogens (tertiary/aromatic N) is 2. The summed E-state index contributed by atoms with van der Waals surface area (Å²) in [5.74, 6) is -0.334. The Morgan fingerprint density at radius 2 is 2.16 bits per heavy atom. The molecule has 1 unspecified atom stereocenters. The first-order valence-corrected chi connectivity index (χ1v) is 8.02. The van der Waals surface area contributed by atoms with Gasteiger partial charge in [0.25, 0.3) is 10.0 Å². The summed E-state index contributed by atoms with van der Waals surface area (Å²) in [5.41, 5.74) is 5.50. The Hall–Kier alpha value is -1.10. The van der Waals surface area contributed by atoms with E-state index in [-0.39, 0.29) is 28.0 Å². The number of rotatable bonds is 7. The largest absolute Gasteiger partial charge is 0.329 e. The van der Waals surface area contributed by atoms with Crippen molar-refractivity contribution >= 4 is 32.4 Å². The van der Waals surface area contributed by atoms with E-state index in [9.17, 15) is 13.2 Å². The molecule has 4 N–H and O–H groups in total. The minimum atomic E-state index is -3.75. The average molecular weight is 307 g/mol. The van der Waals surface area contributed by atoms with E-state index in [0.29, 0.717) is 6.42 Å². The van der Waals surface area contributed by atoms with E-state index in [2.05, 4.69) is 20.2 Å². The Kier molecular flexibility index (Phi) is 5.79. The number of hydrogen-bond donors (Lipinski definition) is 3. The molecule has 1 heterocycles. The van der Waals surface area contributed by atoms with Crippen molar-refractivity contribution in [1.82, 2.24) is 14.9 Å². The van der Waals surface area contributed by atoms with Crippen LogP contribution < -0.4 is 15.8 Å². The van der Waals surface area contributed by atoms with Gasteiger partial charge < -0.3 is 11.1 Å². The molecule has 0 aliphatic rings. The molecule has 1 atom stereocenters. The van der Waals surface area contributed by atoms with Gasteiger partial charge in [-0.2, -0.15) is 0 Å². The maximum Gasteiger partial charge on any atom is 0.270 e. The van der Waals surface area contributed by atoms with Crippen molar-refractivity contribution in [3.63, 3.8) is 0 Å². The highest BCUT2D eigenvalue weighted by Crippen LogP contribution is 2.20. The number of aromatic nitrogens is 2. The highest BCUT2D eigenvalue weighted by Gasteiger charge is 2.23. The van der Waals surface area contributed by atoms with E-state index in [0.717, 1.165) is 17.8 Å². The predicted molar refractivity (Wildman–Crippen MR) is 72.3 cm³/mol. The van der Waals surface area contributed by atoms with Crippen LogP contribution in [0.3, 0.4) is 0 Å². The van der Waals surface area contributed by atoms with Crippen LogP contribution >= 0.6 is 11.3 Å². The van der Waals surface area contributed by atoms with Crippen molar-refractivity contribution < 1.29 is 13.2 Å². The third kappa shape index (κ3) is 4.82. The van der Waals surface area contributed by atoms with Crippen molar-refractivity contribution in [1.29, 1.82) is 0 Å². The highest BCUT2D eigenvalue weighted by atomic mass is 32.2. The minimum absolute atomic E-state index is 0.146. The fraction of sp³-hybridized carbons (Fsp3) is 0.667. The molecule has 8 nitrogen and oxygen atoms in total. The van der Waals surface area contributed by atoms with E-state index in [4.69, 9.17) is 5.73 Å². The van der Waals surface area contributed by atoms with Crippen LogP contribution in [0.15, 0.2) is 4.34 Å². The second-order valence-corrected chi connectivity index (χ2v) is 6.76. The van der Waals surface area contributed by atoms with Gasteiger partial charge in [-0.15, -0.1) is 10.2 Å². The quantitative estimate of drug-likeness (QED) is 0.604. The monoisotopic (exact) mass is 307 g/mol. The Bertz CT molecular complexity index is 528. The lowest BCUT2D eigenvalue weighted by molar-refractivity contribution is -0.114. The number of hydrogen-bond acceptors (Lipinski definition) is 7. The molecule has 10 heteroatoms. The summed E-state index contributed by atoms with van der Waals surface area (Å²) in [4.78, 5) is 10.8. The summed E-state index contributed by atoms with van der Waals surface area (Å²) in [5, 5.41) is 9.66. The molecule has 0 saturated carbocycles. The van der Waals surface area contributed by atoms with Crippen LogP contribution in [-0.2, 0) is 14.8 Å². The average Bonchev–Trinajstić information content (AvgIpc) is 2.76. The molecular formula is C9H17N5O3S2. The van der Waals surface area contributed by atoms with Gasteiger partial charge in [0.2, 0.25) is 15.4 Å². The summed E-state index contributed by atoms with van der Waals surface area (Å²) in [6.45, 7) is 3.46. The van der Waals surface area contributed by atoms with Crippen molar-refractivity contribution in [2.75, 3.05) is 11.9 Å².